The highest BCUT2D eigenvalue weighted by Crippen LogP contribution is 2.30. The lowest BCUT2D eigenvalue weighted by molar-refractivity contribution is 0.0629. The van der Waals surface area contributed by atoms with Gasteiger partial charge >= 0.3 is 0 Å². The molecule has 0 amide bonds. The van der Waals surface area contributed by atoms with Crippen LogP contribution in [0, 0.1) is 0 Å². The fraction of sp³-hybridized carbons (Fsp3) is 0.667. The average molecular weight is 304 g/mol. The summed E-state index contributed by atoms with van der Waals surface area (Å²) in [5.74, 6) is 1.74. The van der Waals surface area contributed by atoms with Gasteiger partial charge in [0, 0.05) is 19.6 Å². The van der Waals surface area contributed by atoms with Crippen molar-refractivity contribution in [3.63, 3.8) is 0 Å². The van der Waals surface area contributed by atoms with Gasteiger partial charge in [-0.2, -0.15) is 0 Å². The van der Waals surface area contributed by atoms with E-state index < -0.39 is 0 Å². The number of likely N-dealkylation sites (N-methyl/N-ethyl adjacent to an activating group) is 1. The van der Waals surface area contributed by atoms with E-state index in [4.69, 9.17) is 9.47 Å². The van der Waals surface area contributed by atoms with E-state index in [0.717, 1.165) is 24.6 Å². The molecule has 1 atom stereocenters. The highest BCUT2D eigenvalue weighted by atomic mass is 16.6. The molecule has 3 rings (SSSR count). The molecule has 2 aliphatic rings. The van der Waals surface area contributed by atoms with Crippen LogP contribution in [0.2, 0.25) is 0 Å². The van der Waals surface area contributed by atoms with E-state index in [2.05, 4.69) is 16.8 Å². The van der Waals surface area contributed by atoms with Crippen LogP contribution in [0.25, 0.3) is 0 Å². The van der Waals surface area contributed by atoms with Crippen LogP contribution in [0.4, 0.5) is 0 Å². The third-order valence-electron chi connectivity index (χ3n) is 4.58. The van der Waals surface area contributed by atoms with Gasteiger partial charge in [-0.3, -0.25) is 0 Å². The lowest BCUT2D eigenvalue weighted by Gasteiger charge is -2.30. The zero-order valence-corrected chi connectivity index (χ0v) is 13.7. The van der Waals surface area contributed by atoms with E-state index in [0.29, 0.717) is 6.61 Å². The van der Waals surface area contributed by atoms with Gasteiger partial charge in [-0.05, 0) is 45.1 Å². The second-order valence-corrected chi connectivity index (χ2v) is 6.52. The lowest BCUT2D eigenvalue weighted by atomic mass is 10.2. The summed E-state index contributed by atoms with van der Waals surface area (Å²) in [4.78, 5) is 4.98. The SMILES string of the molecule is CN(CCN1CCCCCC1)CC1COc2ccccc2O1. The maximum Gasteiger partial charge on any atom is 0.161 e. The highest BCUT2D eigenvalue weighted by molar-refractivity contribution is 5.40. The first kappa shape index (κ1) is 15.6. The van der Waals surface area contributed by atoms with Gasteiger partial charge in [-0.1, -0.05) is 25.0 Å². The van der Waals surface area contributed by atoms with Crippen LogP contribution >= 0.6 is 0 Å². The Morgan fingerprint density at radius 2 is 1.82 bits per heavy atom. The van der Waals surface area contributed by atoms with Crippen LogP contribution in [0.15, 0.2) is 24.3 Å². The predicted octanol–water partition coefficient (Wildman–Crippen LogP) is 2.63. The Morgan fingerprint density at radius 1 is 1.09 bits per heavy atom. The zero-order valence-electron chi connectivity index (χ0n) is 13.7. The molecular weight excluding hydrogens is 276 g/mol. The van der Waals surface area contributed by atoms with Crippen LogP contribution in [0.5, 0.6) is 11.5 Å². The van der Waals surface area contributed by atoms with Crippen molar-refractivity contribution in [1.29, 1.82) is 0 Å². The molecule has 1 unspecified atom stereocenters. The molecule has 1 fully saturated rings. The zero-order chi connectivity index (χ0) is 15.2. The summed E-state index contributed by atoms with van der Waals surface area (Å²) in [7, 11) is 2.18. The Kier molecular flexibility index (Phi) is 5.57. The Morgan fingerprint density at radius 3 is 2.59 bits per heavy atom. The first-order valence-corrected chi connectivity index (χ1v) is 8.60. The van der Waals surface area contributed by atoms with Crippen LogP contribution in [0.1, 0.15) is 25.7 Å². The molecule has 4 heteroatoms. The molecule has 122 valence electrons. The minimum absolute atomic E-state index is 0.129. The van der Waals surface area contributed by atoms with E-state index >= 15 is 0 Å². The second-order valence-electron chi connectivity index (χ2n) is 6.52. The monoisotopic (exact) mass is 304 g/mol. The smallest absolute Gasteiger partial charge is 0.161 e. The predicted molar refractivity (Wildman–Crippen MR) is 88.8 cm³/mol. The minimum Gasteiger partial charge on any atom is -0.486 e. The number of fused-ring (bicyclic) bond motifs is 1. The van der Waals surface area contributed by atoms with Crippen LogP contribution in [0.3, 0.4) is 0 Å². The highest BCUT2D eigenvalue weighted by Gasteiger charge is 2.22. The number of rotatable bonds is 5. The van der Waals surface area contributed by atoms with Crippen LogP contribution in [-0.4, -0.2) is 62.3 Å². The van der Waals surface area contributed by atoms with Gasteiger partial charge in [0.05, 0.1) is 0 Å². The van der Waals surface area contributed by atoms with Gasteiger partial charge in [0.25, 0.3) is 0 Å². The summed E-state index contributed by atoms with van der Waals surface area (Å²) in [6, 6.07) is 7.93. The lowest BCUT2D eigenvalue weighted by Crippen LogP contribution is -2.42. The van der Waals surface area contributed by atoms with E-state index in [1.54, 1.807) is 0 Å². The Bertz CT molecular complexity index is 458. The summed E-state index contributed by atoms with van der Waals surface area (Å²) in [5, 5.41) is 0. The number of hydrogen-bond acceptors (Lipinski definition) is 4. The van der Waals surface area contributed by atoms with Gasteiger partial charge < -0.3 is 19.3 Å². The fourth-order valence-electron chi connectivity index (χ4n) is 3.26. The van der Waals surface area contributed by atoms with Gasteiger partial charge in [-0.25, -0.2) is 0 Å². The van der Waals surface area contributed by atoms with Crippen LogP contribution in [-0.2, 0) is 0 Å². The van der Waals surface area contributed by atoms with Gasteiger partial charge in [-0.15, -0.1) is 0 Å². The van der Waals surface area contributed by atoms with Crippen LogP contribution < -0.4 is 9.47 Å². The molecule has 2 heterocycles. The fourth-order valence-corrected chi connectivity index (χ4v) is 3.26. The van der Waals surface area contributed by atoms with Crippen molar-refractivity contribution >= 4 is 0 Å². The largest absolute Gasteiger partial charge is 0.486 e. The van der Waals surface area contributed by atoms with E-state index in [-0.39, 0.29) is 6.10 Å². The molecule has 1 aromatic rings. The van der Waals surface area contributed by atoms with Gasteiger partial charge in [0.1, 0.15) is 12.7 Å². The summed E-state index contributed by atoms with van der Waals surface area (Å²) in [6.07, 6.45) is 5.65. The average Bonchev–Trinajstić information content (AvgIpc) is 2.81. The van der Waals surface area contributed by atoms with Crippen molar-refractivity contribution in [3.8, 4) is 11.5 Å². The second kappa shape index (κ2) is 7.84. The number of nitrogens with zero attached hydrogens (tertiary/aromatic N) is 2. The molecule has 2 aliphatic heterocycles. The maximum absolute atomic E-state index is 6.03. The number of para-hydroxylation sites is 2. The molecule has 0 aromatic heterocycles. The molecule has 1 aromatic carbocycles. The third-order valence-corrected chi connectivity index (χ3v) is 4.58. The summed E-state index contributed by atoms with van der Waals surface area (Å²) >= 11 is 0. The molecule has 0 aliphatic carbocycles. The molecule has 0 saturated carbocycles. The van der Waals surface area contributed by atoms with Crippen molar-refractivity contribution in [2.75, 3.05) is 46.4 Å². The summed E-state index contributed by atoms with van der Waals surface area (Å²) in [5.41, 5.74) is 0. The standard InChI is InChI=1S/C18H28N2O2/c1-19(12-13-20-10-6-2-3-7-11-20)14-16-15-21-17-8-4-5-9-18(17)22-16/h4-5,8-9,16H,2-3,6-7,10-15H2,1H3. The first-order valence-electron chi connectivity index (χ1n) is 8.60. The van der Waals surface area contributed by atoms with E-state index in [1.165, 1.54) is 45.3 Å². The summed E-state index contributed by atoms with van der Waals surface area (Å²) in [6.45, 7) is 6.37. The van der Waals surface area contributed by atoms with E-state index in [1.807, 2.05) is 24.3 Å². The summed E-state index contributed by atoms with van der Waals surface area (Å²) < 4.78 is 11.8. The third kappa shape index (κ3) is 4.37. The Balaban J connectivity index is 1.41. The molecule has 4 nitrogen and oxygen atoms in total. The molecule has 0 N–H and O–H groups in total. The molecule has 1 saturated heterocycles. The molecule has 0 radical (unpaired) electrons. The van der Waals surface area contributed by atoms with Crippen molar-refractivity contribution in [3.05, 3.63) is 24.3 Å². The van der Waals surface area contributed by atoms with Gasteiger partial charge in [0.15, 0.2) is 11.5 Å². The minimum atomic E-state index is 0.129. The molecule has 22 heavy (non-hydrogen) atoms. The van der Waals surface area contributed by atoms with E-state index in [9.17, 15) is 0 Å². The molecular formula is C18H28N2O2. The number of likely N-dealkylation sites (tertiary alicyclic amines) is 1. The molecule has 0 spiro atoms. The van der Waals surface area contributed by atoms with Gasteiger partial charge in [0.2, 0.25) is 0 Å². The first-order chi connectivity index (χ1) is 10.8. The quantitative estimate of drug-likeness (QED) is 0.835. The van der Waals surface area contributed by atoms with Crippen molar-refractivity contribution < 1.29 is 9.47 Å². The Labute approximate surface area is 134 Å². The number of hydrogen-bond donors (Lipinski definition) is 0. The van der Waals surface area contributed by atoms with Crippen molar-refractivity contribution in [1.82, 2.24) is 9.80 Å². The maximum atomic E-state index is 6.03. The Hall–Kier alpha value is -1.26. The number of ether oxygens (including phenoxy) is 2. The normalized spacial score (nSPS) is 22.5. The molecule has 0 bridgehead atoms. The van der Waals surface area contributed by atoms with Crippen molar-refractivity contribution in [2.45, 2.75) is 31.8 Å². The topological polar surface area (TPSA) is 24.9 Å². The number of benzene rings is 1. The van der Waals surface area contributed by atoms with Crippen molar-refractivity contribution in [2.24, 2.45) is 0 Å².